The third-order valence-electron chi connectivity index (χ3n) is 2.96. The number of hydrogen-bond acceptors (Lipinski definition) is 0. The number of rotatable bonds is 4. The van der Waals surface area contributed by atoms with Crippen LogP contribution >= 0.6 is 0 Å². The molecule has 0 aromatic heterocycles. The molecule has 0 heterocycles. The summed E-state index contributed by atoms with van der Waals surface area (Å²) in [5, 5.41) is 0. The third kappa shape index (κ3) is 3.54. The molecule has 0 saturated heterocycles. The average Bonchev–Trinajstić information content (AvgIpc) is 2.25. The van der Waals surface area contributed by atoms with E-state index in [0.717, 1.165) is 37.0 Å². The summed E-state index contributed by atoms with van der Waals surface area (Å²) < 4.78 is 36.9. The van der Waals surface area contributed by atoms with Gasteiger partial charge in [-0.3, -0.25) is 0 Å². The SMILES string of the molecule is CCC(CC)Cc1ccc(C(F)(F)F)cc1. The lowest BCUT2D eigenvalue weighted by molar-refractivity contribution is -0.137. The molecule has 0 N–H and O–H groups in total. The minimum absolute atomic E-state index is 0.566. The fourth-order valence-corrected chi connectivity index (χ4v) is 1.74. The van der Waals surface area contributed by atoms with Gasteiger partial charge in [-0.25, -0.2) is 0 Å². The molecule has 0 aliphatic heterocycles. The van der Waals surface area contributed by atoms with Crippen molar-refractivity contribution in [1.82, 2.24) is 0 Å². The van der Waals surface area contributed by atoms with E-state index in [0.29, 0.717) is 5.92 Å². The van der Waals surface area contributed by atoms with Crippen molar-refractivity contribution in [2.45, 2.75) is 39.3 Å². The van der Waals surface area contributed by atoms with Gasteiger partial charge in [0.1, 0.15) is 0 Å². The molecular formula is C13H17F3. The number of benzene rings is 1. The van der Waals surface area contributed by atoms with Crippen LogP contribution in [0.2, 0.25) is 0 Å². The molecule has 0 fully saturated rings. The Morgan fingerprint density at radius 1 is 1.00 bits per heavy atom. The summed E-state index contributed by atoms with van der Waals surface area (Å²) >= 11 is 0. The van der Waals surface area contributed by atoms with Crippen molar-refractivity contribution in [2.24, 2.45) is 5.92 Å². The second kappa shape index (κ2) is 5.37. The topological polar surface area (TPSA) is 0 Å². The van der Waals surface area contributed by atoms with Crippen LogP contribution in [-0.4, -0.2) is 0 Å². The summed E-state index contributed by atoms with van der Waals surface area (Å²) in [7, 11) is 0. The molecule has 0 bridgehead atoms. The number of hydrogen-bond donors (Lipinski definition) is 0. The normalized spacial score (nSPS) is 12.1. The second-order valence-electron chi connectivity index (χ2n) is 4.08. The van der Waals surface area contributed by atoms with Gasteiger partial charge in [0.05, 0.1) is 5.56 Å². The highest BCUT2D eigenvalue weighted by molar-refractivity contribution is 5.24. The van der Waals surface area contributed by atoms with Gasteiger partial charge in [-0.1, -0.05) is 38.8 Å². The Balaban J connectivity index is 2.72. The van der Waals surface area contributed by atoms with Gasteiger partial charge >= 0.3 is 6.18 Å². The van der Waals surface area contributed by atoms with E-state index in [1.165, 1.54) is 0 Å². The zero-order valence-electron chi connectivity index (χ0n) is 9.64. The standard InChI is InChI=1S/C13H17F3/c1-3-10(4-2)9-11-5-7-12(8-6-11)13(14,15)16/h5-8,10H,3-4,9H2,1-2H3. The van der Waals surface area contributed by atoms with E-state index >= 15 is 0 Å². The zero-order valence-corrected chi connectivity index (χ0v) is 9.64. The minimum atomic E-state index is -4.23. The first kappa shape index (κ1) is 13.1. The Labute approximate surface area is 94.5 Å². The molecule has 1 aromatic rings. The molecule has 0 radical (unpaired) electrons. The van der Waals surface area contributed by atoms with Crippen LogP contribution in [0.1, 0.15) is 37.8 Å². The highest BCUT2D eigenvalue weighted by Gasteiger charge is 2.29. The van der Waals surface area contributed by atoms with E-state index in [4.69, 9.17) is 0 Å². The Bertz CT molecular complexity index is 307. The van der Waals surface area contributed by atoms with Crippen LogP contribution < -0.4 is 0 Å². The number of alkyl halides is 3. The van der Waals surface area contributed by atoms with E-state index in [2.05, 4.69) is 13.8 Å². The molecular weight excluding hydrogens is 213 g/mol. The molecule has 0 unspecified atom stereocenters. The monoisotopic (exact) mass is 230 g/mol. The quantitative estimate of drug-likeness (QED) is 0.704. The maximum atomic E-state index is 12.3. The average molecular weight is 230 g/mol. The van der Waals surface area contributed by atoms with Crippen LogP contribution in [0.4, 0.5) is 13.2 Å². The molecule has 0 aliphatic rings. The molecule has 16 heavy (non-hydrogen) atoms. The van der Waals surface area contributed by atoms with Crippen LogP contribution in [0.15, 0.2) is 24.3 Å². The first-order valence-corrected chi connectivity index (χ1v) is 5.63. The lowest BCUT2D eigenvalue weighted by Gasteiger charge is -2.13. The fourth-order valence-electron chi connectivity index (χ4n) is 1.74. The van der Waals surface area contributed by atoms with Gasteiger partial charge in [-0.2, -0.15) is 13.2 Å². The van der Waals surface area contributed by atoms with Crippen LogP contribution in [0, 0.1) is 5.92 Å². The van der Waals surface area contributed by atoms with Gasteiger partial charge in [-0.15, -0.1) is 0 Å². The highest BCUT2D eigenvalue weighted by atomic mass is 19.4. The minimum Gasteiger partial charge on any atom is -0.166 e. The molecule has 0 atom stereocenters. The molecule has 90 valence electrons. The van der Waals surface area contributed by atoms with Crippen molar-refractivity contribution in [3.63, 3.8) is 0 Å². The van der Waals surface area contributed by atoms with Gasteiger partial charge < -0.3 is 0 Å². The summed E-state index contributed by atoms with van der Waals surface area (Å²) in [6.45, 7) is 4.22. The lowest BCUT2D eigenvalue weighted by Crippen LogP contribution is -2.06. The van der Waals surface area contributed by atoms with Crippen molar-refractivity contribution >= 4 is 0 Å². The van der Waals surface area contributed by atoms with Gasteiger partial charge in [0, 0.05) is 0 Å². The van der Waals surface area contributed by atoms with E-state index in [1.54, 1.807) is 12.1 Å². The summed E-state index contributed by atoms with van der Waals surface area (Å²) in [6, 6.07) is 5.50. The van der Waals surface area contributed by atoms with Gasteiger partial charge in [-0.05, 0) is 30.0 Å². The van der Waals surface area contributed by atoms with E-state index in [-0.39, 0.29) is 0 Å². The summed E-state index contributed by atoms with van der Waals surface area (Å²) in [5.41, 5.74) is 0.419. The van der Waals surface area contributed by atoms with E-state index in [9.17, 15) is 13.2 Å². The highest BCUT2D eigenvalue weighted by Crippen LogP contribution is 2.29. The predicted molar refractivity (Wildman–Crippen MR) is 59.2 cm³/mol. The number of halogens is 3. The smallest absolute Gasteiger partial charge is 0.166 e. The van der Waals surface area contributed by atoms with Crippen molar-refractivity contribution in [2.75, 3.05) is 0 Å². The predicted octanol–water partition coefficient (Wildman–Crippen LogP) is 4.68. The largest absolute Gasteiger partial charge is 0.416 e. The van der Waals surface area contributed by atoms with Crippen LogP contribution in [-0.2, 0) is 12.6 Å². The fraction of sp³-hybridized carbons (Fsp3) is 0.538. The zero-order chi connectivity index (χ0) is 12.2. The Morgan fingerprint density at radius 3 is 1.88 bits per heavy atom. The first-order valence-electron chi connectivity index (χ1n) is 5.63. The van der Waals surface area contributed by atoms with Crippen molar-refractivity contribution in [3.8, 4) is 0 Å². The molecule has 0 amide bonds. The van der Waals surface area contributed by atoms with Gasteiger partial charge in [0.2, 0.25) is 0 Å². The Kier molecular flexibility index (Phi) is 4.39. The molecule has 1 aromatic carbocycles. The maximum absolute atomic E-state index is 12.3. The van der Waals surface area contributed by atoms with E-state index in [1.807, 2.05) is 0 Å². The first-order chi connectivity index (χ1) is 7.47. The van der Waals surface area contributed by atoms with Gasteiger partial charge in [0.25, 0.3) is 0 Å². The summed E-state index contributed by atoms with van der Waals surface area (Å²) in [6.07, 6.45) is -1.23. The molecule has 0 saturated carbocycles. The lowest BCUT2D eigenvalue weighted by atomic mass is 9.94. The molecule has 0 aliphatic carbocycles. The molecule has 3 heteroatoms. The summed E-state index contributed by atoms with van der Waals surface area (Å²) in [5.74, 6) is 0.566. The molecule has 0 nitrogen and oxygen atoms in total. The van der Waals surface area contributed by atoms with Crippen molar-refractivity contribution < 1.29 is 13.2 Å². The van der Waals surface area contributed by atoms with Crippen LogP contribution in [0.25, 0.3) is 0 Å². The molecule has 1 rings (SSSR count). The van der Waals surface area contributed by atoms with E-state index < -0.39 is 11.7 Å². The van der Waals surface area contributed by atoms with Gasteiger partial charge in [0.15, 0.2) is 0 Å². The van der Waals surface area contributed by atoms with Crippen LogP contribution in [0.3, 0.4) is 0 Å². The maximum Gasteiger partial charge on any atom is 0.416 e. The Hall–Kier alpha value is -0.990. The Morgan fingerprint density at radius 2 is 1.50 bits per heavy atom. The van der Waals surface area contributed by atoms with Crippen molar-refractivity contribution in [3.05, 3.63) is 35.4 Å². The second-order valence-corrected chi connectivity index (χ2v) is 4.08. The molecule has 0 spiro atoms. The van der Waals surface area contributed by atoms with Crippen molar-refractivity contribution in [1.29, 1.82) is 0 Å². The van der Waals surface area contributed by atoms with Crippen LogP contribution in [0.5, 0.6) is 0 Å². The third-order valence-corrected chi connectivity index (χ3v) is 2.96. The summed E-state index contributed by atoms with van der Waals surface area (Å²) in [4.78, 5) is 0.